The third-order valence-electron chi connectivity index (χ3n) is 2.84. The quantitative estimate of drug-likeness (QED) is 0.476. The molecule has 5 heteroatoms. The van der Waals surface area contributed by atoms with E-state index in [9.17, 15) is 8.42 Å². The van der Waals surface area contributed by atoms with Crippen LogP contribution in [0.5, 0.6) is 0 Å². The summed E-state index contributed by atoms with van der Waals surface area (Å²) < 4.78 is 29.6. The molecule has 0 aromatic heterocycles. The van der Waals surface area contributed by atoms with Crippen LogP contribution in [0.2, 0.25) is 0 Å². The molecular formula is C17H26O4S. The summed E-state index contributed by atoms with van der Waals surface area (Å²) in [4.78, 5) is -0.0666. The van der Waals surface area contributed by atoms with E-state index in [4.69, 9.17) is 9.66 Å². The number of rotatable bonds is 6. The van der Waals surface area contributed by atoms with E-state index in [0.717, 1.165) is 12.0 Å². The lowest BCUT2D eigenvalue weighted by molar-refractivity contribution is 0.305. The van der Waals surface area contributed by atoms with Crippen molar-refractivity contribution in [2.24, 2.45) is 0 Å². The number of hydrogen-bond donors (Lipinski definition) is 2. The summed E-state index contributed by atoms with van der Waals surface area (Å²) in [5.41, 5.74) is 0.956. The minimum atomic E-state index is -4.02. The van der Waals surface area contributed by atoms with E-state index in [1.807, 2.05) is 6.92 Å². The van der Waals surface area contributed by atoms with Gasteiger partial charge in [-0.1, -0.05) is 43.9 Å². The highest BCUT2D eigenvalue weighted by molar-refractivity contribution is 7.85. The van der Waals surface area contributed by atoms with Gasteiger partial charge < -0.3 is 5.11 Å². The predicted molar refractivity (Wildman–Crippen MR) is 89.2 cm³/mol. The average Bonchev–Trinajstić information content (AvgIpc) is 2.47. The molecule has 0 bridgehead atoms. The molecule has 0 amide bonds. The number of unbranched alkanes of at least 4 members (excludes halogenated alkanes) is 4. The van der Waals surface area contributed by atoms with Gasteiger partial charge in [0.25, 0.3) is 10.1 Å². The second kappa shape index (κ2) is 12.2. The van der Waals surface area contributed by atoms with Crippen LogP contribution in [0, 0.1) is 18.8 Å². The molecule has 0 saturated heterocycles. The highest BCUT2D eigenvalue weighted by Gasteiger charge is 2.06. The van der Waals surface area contributed by atoms with E-state index >= 15 is 0 Å². The molecule has 0 aliphatic rings. The fourth-order valence-corrected chi connectivity index (χ4v) is 2.06. The van der Waals surface area contributed by atoms with E-state index in [0.29, 0.717) is 6.42 Å². The molecule has 0 spiro atoms. The van der Waals surface area contributed by atoms with E-state index in [-0.39, 0.29) is 11.5 Å². The molecule has 0 saturated carbocycles. The summed E-state index contributed by atoms with van der Waals surface area (Å²) >= 11 is 0. The summed E-state index contributed by atoms with van der Waals surface area (Å²) in [6, 6.07) is 5.99. The Morgan fingerprint density at radius 2 is 1.59 bits per heavy atom. The Hall–Kier alpha value is -1.35. The van der Waals surface area contributed by atoms with Crippen LogP contribution in [0.1, 0.15) is 51.0 Å². The monoisotopic (exact) mass is 326 g/mol. The maximum atomic E-state index is 10.5. The van der Waals surface area contributed by atoms with Gasteiger partial charge in [-0.15, -0.1) is 11.8 Å². The van der Waals surface area contributed by atoms with Gasteiger partial charge in [0.1, 0.15) is 0 Å². The third-order valence-corrected chi connectivity index (χ3v) is 3.70. The van der Waals surface area contributed by atoms with Gasteiger partial charge in [-0.2, -0.15) is 8.42 Å². The van der Waals surface area contributed by atoms with Gasteiger partial charge in [0.2, 0.25) is 0 Å². The van der Waals surface area contributed by atoms with Gasteiger partial charge in [-0.05, 0) is 25.5 Å². The maximum absolute atomic E-state index is 10.5. The number of benzene rings is 1. The minimum Gasteiger partial charge on any atom is -0.395 e. The van der Waals surface area contributed by atoms with Crippen LogP contribution in [0.3, 0.4) is 0 Å². The summed E-state index contributed by atoms with van der Waals surface area (Å²) in [7, 11) is -4.02. The zero-order chi connectivity index (χ0) is 16.8. The van der Waals surface area contributed by atoms with E-state index in [2.05, 4.69) is 18.8 Å². The molecule has 0 unspecified atom stereocenters. The molecule has 1 aromatic rings. The van der Waals surface area contributed by atoms with Crippen molar-refractivity contribution in [3.63, 3.8) is 0 Å². The first kappa shape index (κ1) is 20.6. The summed E-state index contributed by atoms with van der Waals surface area (Å²) in [6.45, 7) is 4.24. The van der Waals surface area contributed by atoms with E-state index in [1.165, 1.54) is 37.8 Å². The van der Waals surface area contributed by atoms with Gasteiger partial charge in [0, 0.05) is 12.8 Å². The van der Waals surface area contributed by atoms with Crippen molar-refractivity contribution in [1.29, 1.82) is 0 Å². The van der Waals surface area contributed by atoms with Gasteiger partial charge >= 0.3 is 0 Å². The Kier molecular flexibility index (Phi) is 11.5. The zero-order valence-electron chi connectivity index (χ0n) is 13.4. The molecule has 0 aliphatic heterocycles. The van der Waals surface area contributed by atoms with E-state index < -0.39 is 10.1 Å². The molecule has 0 fully saturated rings. The Balaban J connectivity index is 0.000000401. The zero-order valence-corrected chi connectivity index (χ0v) is 14.2. The van der Waals surface area contributed by atoms with Crippen molar-refractivity contribution in [3.8, 4) is 11.8 Å². The molecule has 1 rings (SSSR count). The molecule has 124 valence electrons. The third kappa shape index (κ3) is 11.3. The van der Waals surface area contributed by atoms with Gasteiger partial charge in [-0.3, -0.25) is 4.55 Å². The fraction of sp³-hybridized carbons (Fsp3) is 0.529. The Morgan fingerprint density at radius 3 is 2.09 bits per heavy atom. The second-order valence-corrected chi connectivity index (χ2v) is 6.35. The van der Waals surface area contributed by atoms with Gasteiger partial charge in [-0.25, -0.2) is 0 Å². The smallest absolute Gasteiger partial charge is 0.294 e. The number of hydrogen-bond acceptors (Lipinski definition) is 3. The van der Waals surface area contributed by atoms with Crippen molar-refractivity contribution in [2.75, 3.05) is 6.61 Å². The Labute approximate surface area is 134 Å². The second-order valence-electron chi connectivity index (χ2n) is 4.93. The SMILES string of the molecule is CCCCCCC#CCCO.Cc1ccc(S(=O)(=O)O)cc1. The van der Waals surface area contributed by atoms with Gasteiger partial charge in [0.15, 0.2) is 0 Å². The fourth-order valence-electron chi connectivity index (χ4n) is 1.58. The average molecular weight is 326 g/mol. The molecule has 0 radical (unpaired) electrons. The number of aliphatic hydroxyl groups excluding tert-OH is 1. The Bertz CT molecular complexity index is 551. The summed E-state index contributed by atoms with van der Waals surface area (Å²) in [6.07, 6.45) is 6.75. The largest absolute Gasteiger partial charge is 0.395 e. The van der Waals surface area contributed by atoms with Crippen LogP contribution < -0.4 is 0 Å². The van der Waals surface area contributed by atoms with Crippen LogP contribution in [0.25, 0.3) is 0 Å². The van der Waals surface area contributed by atoms with Crippen LogP contribution >= 0.6 is 0 Å². The number of aliphatic hydroxyl groups is 1. The maximum Gasteiger partial charge on any atom is 0.294 e. The van der Waals surface area contributed by atoms with Crippen molar-refractivity contribution in [3.05, 3.63) is 29.8 Å². The van der Waals surface area contributed by atoms with Crippen molar-refractivity contribution in [1.82, 2.24) is 0 Å². The molecule has 22 heavy (non-hydrogen) atoms. The normalized spacial score (nSPS) is 10.2. The Morgan fingerprint density at radius 1 is 1.00 bits per heavy atom. The first-order chi connectivity index (χ1) is 10.4. The molecule has 0 aliphatic carbocycles. The number of aryl methyl sites for hydroxylation is 1. The summed E-state index contributed by atoms with van der Waals surface area (Å²) in [5, 5.41) is 8.40. The lowest BCUT2D eigenvalue weighted by Crippen LogP contribution is -1.96. The molecular weight excluding hydrogens is 300 g/mol. The molecule has 0 atom stereocenters. The molecule has 1 aromatic carbocycles. The first-order valence-corrected chi connectivity index (χ1v) is 8.96. The van der Waals surface area contributed by atoms with Crippen LogP contribution in [-0.2, 0) is 10.1 Å². The van der Waals surface area contributed by atoms with Crippen molar-refractivity contribution < 1.29 is 18.1 Å². The van der Waals surface area contributed by atoms with Crippen LogP contribution in [0.15, 0.2) is 29.2 Å². The van der Waals surface area contributed by atoms with E-state index in [1.54, 1.807) is 12.1 Å². The standard InChI is InChI=1S/C10H18O.C7H8O3S/c1-2-3-4-5-6-7-8-9-10-11;1-6-2-4-7(5-3-6)11(8,9)10/h11H,2-6,9-10H2,1H3;2-5H,1H3,(H,8,9,10). The first-order valence-electron chi connectivity index (χ1n) is 7.52. The lowest BCUT2D eigenvalue weighted by Gasteiger charge is -1.95. The topological polar surface area (TPSA) is 74.6 Å². The summed E-state index contributed by atoms with van der Waals surface area (Å²) in [5.74, 6) is 5.95. The van der Waals surface area contributed by atoms with Crippen LogP contribution in [-0.4, -0.2) is 24.7 Å². The van der Waals surface area contributed by atoms with Gasteiger partial charge in [0.05, 0.1) is 11.5 Å². The minimum absolute atomic E-state index is 0.0666. The predicted octanol–water partition coefficient (Wildman–Crippen LogP) is 3.58. The van der Waals surface area contributed by atoms with Crippen LogP contribution in [0.4, 0.5) is 0 Å². The molecule has 0 heterocycles. The highest BCUT2D eigenvalue weighted by atomic mass is 32.2. The molecule has 4 nitrogen and oxygen atoms in total. The van der Waals surface area contributed by atoms with Crippen molar-refractivity contribution >= 4 is 10.1 Å². The lowest BCUT2D eigenvalue weighted by atomic mass is 10.1. The van der Waals surface area contributed by atoms with Crippen molar-refractivity contribution in [2.45, 2.75) is 57.3 Å². The molecule has 2 N–H and O–H groups in total. The highest BCUT2D eigenvalue weighted by Crippen LogP contribution is 2.08.